The molecule has 5 heteroatoms. The first-order chi connectivity index (χ1) is 8.35. The Labute approximate surface area is 109 Å². The molecule has 0 atom stereocenters. The molecule has 1 amide bonds. The van der Waals surface area contributed by atoms with Crippen LogP contribution in [0.2, 0.25) is 0 Å². The molecule has 0 aromatic heterocycles. The van der Waals surface area contributed by atoms with Crippen molar-refractivity contribution in [3.63, 3.8) is 0 Å². The van der Waals surface area contributed by atoms with Crippen LogP contribution in [0.3, 0.4) is 0 Å². The van der Waals surface area contributed by atoms with E-state index in [1.165, 1.54) is 7.11 Å². The van der Waals surface area contributed by atoms with Crippen LogP contribution in [0.1, 0.15) is 33.6 Å². The van der Waals surface area contributed by atoms with Crippen molar-refractivity contribution in [3.8, 4) is 0 Å². The number of hydrogen-bond acceptors (Lipinski definition) is 4. The first kappa shape index (κ1) is 17.1. The molecule has 1 N–H and O–H groups in total. The van der Waals surface area contributed by atoms with E-state index in [0.29, 0.717) is 32.6 Å². The summed E-state index contributed by atoms with van der Waals surface area (Å²) < 4.78 is 9.94. The highest BCUT2D eigenvalue weighted by molar-refractivity contribution is 5.79. The summed E-state index contributed by atoms with van der Waals surface area (Å²) in [6.45, 7) is 7.46. The van der Waals surface area contributed by atoms with Crippen LogP contribution >= 0.6 is 0 Å². The molecule has 0 saturated heterocycles. The number of ketones is 1. The first-order valence-electron chi connectivity index (χ1n) is 6.20. The van der Waals surface area contributed by atoms with Crippen LogP contribution < -0.4 is 5.32 Å². The van der Waals surface area contributed by atoms with E-state index in [4.69, 9.17) is 9.47 Å². The molecule has 0 aliphatic heterocycles. The van der Waals surface area contributed by atoms with Gasteiger partial charge in [0.1, 0.15) is 6.61 Å². The predicted molar refractivity (Wildman–Crippen MR) is 69.4 cm³/mol. The Morgan fingerprint density at radius 1 is 1.17 bits per heavy atom. The molecule has 0 heterocycles. The average Bonchev–Trinajstić information content (AvgIpc) is 2.21. The Balaban J connectivity index is 3.41. The van der Waals surface area contributed by atoms with Crippen LogP contribution in [-0.2, 0) is 19.1 Å². The minimum atomic E-state index is -0.00247. The van der Waals surface area contributed by atoms with Crippen molar-refractivity contribution >= 4 is 11.7 Å². The van der Waals surface area contributed by atoms with Crippen LogP contribution in [0.25, 0.3) is 0 Å². The molecule has 0 saturated carbocycles. The molecule has 0 bridgehead atoms. The van der Waals surface area contributed by atoms with Gasteiger partial charge in [0.25, 0.3) is 0 Å². The van der Waals surface area contributed by atoms with Gasteiger partial charge in [-0.25, -0.2) is 0 Å². The zero-order chi connectivity index (χ0) is 14.0. The summed E-state index contributed by atoms with van der Waals surface area (Å²) in [4.78, 5) is 22.5. The van der Waals surface area contributed by atoms with Gasteiger partial charge in [-0.3, -0.25) is 9.59 Å². The highest BCUT2D eigenvalue weighted by Crippen LogP contribution is 2.17. The van der Waals surface area contributed by atoms with E-state index in [2.05, 4.69) is 5.32 Å². The van der Waals surface area contributed by atoms with Gasteiger partial charge in [-0.15, -0.1) is 0 Å². The number of amides is 1. The lowest BCUT2D eigenvalue weighted by molar-refractivity contribution is -0.125. The predicted octanol–water partition coefficient (Wildman–Crippen LogP) is 1.16. The van der Waals surface area contributed by atoms with Crippen molar-refractivity contribution in [1.29, 1.82) is 0 Å². The molecule has 0 aromatic rings. The van der Waals surface area contributed by atoms with Crippen molar-refractivity contribution in [1.82, 2.24) is 5.32 Å². The third-order valence-electron chi connectivity index (χ3n) is 2.09. The average molecular weight is 259 g/mol. The van der Waals surface area contributed by atoms with Gasteiger partial charge in [-0.05, 0) is 5.41 Å². The quantitative estimate of drug-likeness (QED) is 0.631. The minimum absolute atomic E-state index is 0.00247. The number of carbonyl (C=O) groups excluding carboxylic acids is 2. The molecule has 0 aliphatic carbocycles. The summed E-state index contributed by atoms with van der Waals surface area (Å²) in [7, 11) is 1.49. The molecule has 5 nitrogen and oxygen atoms in total. The van der Waals surface area contributed by atoms with E-state index >= 15 is 0 Å². The van der Waals surface area contributed by atoms with E-state index in [-0.39, 0.29) is 23.7 Å². The Morgan fingerprint density at radius 3 is 2.39 bits per heavy atom. The highest BCUT2D eigenvalue weighted by atomic mass is 16.5. The smallest absolute Gasteiger partial charge is 0.220 e. The van der Waals surface area contributed by atoms with Crippen molar-refractivity contribution in [3.05, 3.63) is 0 Å². The van der Waals surface area contributed by atoms with Gasteiger partial charge in [0, 0.05) is 26.5 Å². The standard InChI is InChI=1S/C13H25NO4/c1-13(2,3)9-12(16)14-6-8-18-7-5-11(15)10-17-4/h5-10H2,1-4H3,(H,14,16). The summed E-state index contributed by atoms with van der Waals surface area (Å²) in [5.41, 5.74) is -0.00247. The molecule has 0 rings (SSSR count). The minimum Gasteiger partial charge on any atom is -0.379 e. The fraction of sp³-hybridized carbons (Fsp3) is 0.846. The molecule has 0 aliphatic rings. The van der Waals surface area contributed by atoms with Crippen molar-refractivity contribution in [2.24, 2.45) is 5.41 Å². The lowest BCUT2D eigenvalue weighted by Gasteiger charge is -2.17. The van der Waals surface area contributed by atoms with Crippen LogP contribution in [-0.4, -0.2) is 45.2 Å². The maximum atomic E-state index is 11.4. The highest BCUT2D eigenvalue weighted by Gasteiger charge is 2.15. The van der Waals surface area contributed by atoms with Gasteiger partial charge in [-0.2, -0.15) is 0 Å². The number of Topliss-reactive ketones (excluding diaryl/α,β-unsaturated/α-hetero) is 1. The Morgan fingerprint density at radius 2 is 1.83 bits per heavy atom. The third kappa shape index (κ3) is 11.5. The van der Waals surface area contributed by atoms with E-state index < -0.39 is 0 Å². The van der Waals surface area contributed by atoms with E-state index in [0.717, 1.165) is 0 Å². The van der Waals surface area contributed by atoms with E-state index in [1.807, 2.05) is 20.8 Å². The van der Waals surface area contributed by atoms with E-state index in [9.17, 15) is 9.59 Å². The number of methoxy groups -OCH3 is 1. The number of carbonyl (C=O) groups is 2. The monoisotopic (exact) mass is 259 g/mol. The van der Waals surface area contributed by atoms with Crippen LogP contribution in [0.4, 0.5) is 0 Å². The summed E-state index contributed by atoms with van der Waals surface area (Å²) >= 11 is 0. The van der Waals surface area contributed by atoms with Crippen LogP contribution in [0.5, 0.6) is 0 Å². The Bertz CT molecular complexity index is 258. The Hall–Kier alpha value is -0.940. The van der Waals surface area contributed by atoms with E-state index in [1.54, 1.807) is 0 Å². The second-order valence-corrected chi connectivity index (χ2v) is 5.42. The maximum absolute atomic E-state index is 11.4. The largest absolute Gasteiger partial charge is 0.379 e. The van der Waals surface area contributed by atoms with Gasteiger partial charge in [0.05, 0.1) is 13.2 Å². The summed E-state index contributed by atoms with van der Waals surface area (Å²) in [5.74, 6) is 0.0517. The van der Waals surface area contributed by atoms with Crippen LogP contribution in [0.15, 0.2) is 0 Å². The first-order valence-corrected chi connectivity index (χ1v) is 6.20. The lowest BCUT2D eigenvalue weighted by atomic mass is 9.92. The molecule has 0 spiro atoms. The summed E-state index contributed by atoms with van der Waals surface area (Å²) in [5, 5.41) is 2.78. The summed E-state index contributed by atoms with van der Waals surface area (Å²) in [6.07, 6.45) is 0.850. The fourth-order valence-corrected chi connectivity index (χ4v) is 1.33. The number of hydrogen-bond donors (Lipinski definition) is 1. The topological polar surface area (TPSA) is 64.6 Å². The lowest BCUT2D eigenvalue weighted by Crippen LogP contribution is -2.30. The zero-order valence-corrected chi connectivity index (χ0v) is 11.9. The Kier molecular flexibility index (Phi) is 8.58. The van der Waals surface area contributed by atoms with Crippen molar-refractivity contribution < 1.29 is 19.1 Å². The fourth-order valence-electron chi connectivity index (χ4n) is 1.33. The van der Waals surface area contributed by atoms with Gasteiger partial charge < -0.3 is 14.8 Å². The number of nitrogens with one attached hydrogen (secondary N) is 1. The molecule has 0 aromatic carbocycles. The van der Waals surface area contributed by atoms with Gasteiger partial charge in [0.15, 0.2) is 5.78 Å². The van der Waals surface area contributed by atoms with Gasteiger partial charge in [0.2, 0.25) is 5.91 Å². The molecular weight excluding hydrogens is 234 g/mol. The molecule has 18 heavy (non-hydrogen) atoms. The summed E-state index contributed by atoms with van der Waals surface area (Å²) in [6, 6.07) is 0. The molecule has 0 radical (unpaired) electrons. The SMILES string of the molecule is COCC(=O)CCOCCNC(=O)CC(C)(C)C. The second kappa shape index (κ2) is 9.05. The van der Waals surface area contributed by atoms with Gasteiger partial charge >= 0.3 is 0 Å². The van der Waals surface area contributed by atoms with Crippen molar-refractivity contribution in [2.45, 2.75) is 33.6 Å². The molecule has 0 unspecified atom stereocenters. The number of ether oxygens (including phenoxy) is 2. The van der Waals surface area contributed by atoms with Crippen molar-refractivity contribution in [2.75, 3.05) is 33.5 Å². The van der Waals surface area contributed by atoms with Gasteiger partial charge in [-0.1, -0.05) is 20.8 Å². The zero-order valence-electron chi connectivity index (χ0n) is 11.9. The number of rotatable bonds is 9. The molecular formula is C13H25NO4. The molecule has 0 fully saturated rings. The normalized spacial score (nSPS) is 11.3. The second-order valence-electron chi connectivity index (χ2n) is 5.42. The van der Waals surface area contributed by atoms with Crippen LogP contribution in [0, 0.1) is 5.41 Å². The third-order valence-corrected chi connectivity index (χ3v) is 2.09. The maximum Gasteiger partial charge on any atom is 0.220 e. The molecule has 106 valence electrons.